The SMILES string of the molecule is COc1ccc(NC(=O)c2ccnc(N3CCC(C)CC3)c2)cc1. The maximum absolute atomic E-state index is 12.5. The van der Waals surface area contributed by atoms with Crippen molar-refractivity contribution >= 4 is 17.4 Å². The highest BCUT2D eigenvalue weighted by atomic mass is 16.5. The van der Waals surface area contributed by atoms with E-state index < -0.39 is 0 Å². The van der Waals surface area contributed by atoms with Crippen LogP contribution >= 0.6 is 0 Å². The summed E-state index contributed by atoms with van der Waals surface area (Å²) >= 11 is 0. The molecule has 1 aromatic carbocycles. The van der Waals surface area contributed by atoms with Gasteiger partial charge >= 0.3 is 0 Å². The molecule has 1 amide bonds. The van der Waals surface area contributed by atoms with E-state index in [2.05, 4.69) is 22.1 Å². The summed E-state index contributed by atoms with van der Waals surface area (Å²) in [4.78, 5) is 19.2. The molecule has 0 aliphatic carbocycles. The lowest BCUT2D eigenvalue weighted by Crippen LogP contribution is -2.33. The van der Waals surface area contributed by atoms with E-state index in [0.717, 1.165) is 36.3 Å². The van der Waals surface area contributed by atoms with Crippen molar-refractivity contribution in [3.8, 4) is 5.75 Å². The largest absolute Gasteiger partial charge is 0.497 e. The first-order valence-corrected chi connectivity index (χ1v) is 8.32. The topological polar surface area (TPSA) is 54.5 Å². The van der Waals surface area contributed by atoms with Crippen molar-refractivity contribution in [3.63, 3.8) is 0 Å². The van der Waals surface area contributed by atoms with Crippen LogP contribution in [0.5, 0.6) is 5.75 Å². The number of aromatic nitrogens is 1. The molecule has 1 saturated heterocycles. The highest BCUT2D eigenvalue weighted by Crippen LogP contribution is 2.22. The van der Waals surface area contributed by atoms with Gasteiger partial charge in [0.2, 0.25) is 0 Å². The molecule has 0 radical (unpaired) electrons. The molecule has 0 bridgehead atoms. The molecule has 5 nitrogen and oxygen atoms in total. The fraction of sp³-hybridized carbons (Fsp3) is 0.368. The van der Waals surface area contributed by atoms with E-state index in [1.54, 1.807) is 19.4 Å². The van der Waals surface area contributed by atoms with Crippen LogP contribution in [0, 0.1) is 5.92 Å². The number of hydrogen-bond acceptors (Lipinski definition) is 4. The van der Waals surface area contributed by atoms with E-state index in [-0.39, 0.29) is 5.91 Å². The number of anilines is 2. The van der Waals surface area contributed by atoms with Gasteiger partial charge in [-0.05, 0) is 55.2 Å². The van der Waals surface area contributed by atoms with E-state index in [9.17, 15) is 4.79 Å². The minimum Gasteiger partial charge on any atom is -0.497 e. The van der Waals surface area contributed by atoms with E-state index in [4.69, 9.17) is 4.74 Å². The van der Waals surface area contributed by atoms with Crippen LogP contribution in [0.2, 0.25) is 0 Å². The monoisotopic (exact) mass is 325 g/mol. The van der Waals surface area contributed by atoms with Crippen LogP contribution < -0.4 is 15.0 Å². The first-order chi connectivity index (χ1) is 11.7. The summed E-state index contributed by atoms with van der Waals surface area (Å²) in [6, 6.07) is 10.9. The fourth-order valence-electron chi connectivity index (χ4n) is 2.85. The molecule has 24 heavy (non-hydrogen) atoms. The number of hydrogen-bond donors (Lipinski definition) is 1. The second-order valence-corrected chi connectivity index (χ2v) is 6.25. The molecule has 1 aromatic heterocycles. The number of nitrogens with zero attached hydrogens (tertiary/aromatic N) is 2. The predicted molar refractivity (Wildman–Crippen MR) is 95.8 cm³/mol. The van der Waals surface area contributed by atoms with Crippen molar-refractivity contribution < 1.29 is 9.53 Å². The molecule has 1 aliphatic rings. The van der Waals surface area contributed by atoms with Gasteiger partial charge in [-0.25, -0.2) is 4.98 Å². The summed E-state index contributed by atoms with van der Waals surface area (Å²) in [5.74, 6) is 2.28. The van der Waals surface area contributed by atoms with Gasteiger partial charge in [-0.3, -0.25) is 4.79 Å². The number of nitrogens with one attached hydrogen (secondary N) is 1. The lowest BCUT2D eigenvalue weighted by molar-refractivity contribution is 0.102. The number of carbonyl (C=O) groups is 1. The number of methoxy groups -OCH3 is 1. The van der Waals surface area contributed by atoms with Crippen molar-refractivity contribution in [2.45, 2.75) is 19.8 Å². The van der Waals surface area contributed by atoms with Crippen molar-refractivity contribution in [3.05, 3.63) is 48.2 Å². The molecule has 0 atom stereocenters. The van der Waals surface area contributed by atoms with Gasteiger partial charge in [0.05, 0.1) is 7.11 Å². The van der Waals surface area contributed by atoms with E-state index >= 15 is 0 Å². The number of pyridine rings is 1. The molecular weight excluding hydrogens is 302 g/mol. The Hall–Kier alpha value is -2.56. The predicted octanol–water partition coefficient (Wildman–Crippen LogP) is 3.58. The van der Waals surface area contributed by atoms with Gasteiger partial charge in [-0.1, -0.05) is 6.92 Å². The highest BCUT2D eigenvalue weighted by Gasteiger charge is 2.18. The van der Waals surface area contributed by atoms with Crippen LogP contribution in [-0.4, -0.2) is 31.1 Å². The van der Waals surface area contributed by atoms with Gasteiger partial charge in [0.1, 0.15) is 11.6 Å². The second-order valence-electron chi connectivity index (χ2n) is 6.25. The zero-order valence-corrected chi connectivity index (χ0v) is 14.2. The van der Waals surface area contributed by atoms with Crippen LogP contribution in [-0.2, 0) is 0 Å². The molecule has 0 unspecified atom stereocenters. The van der Waals surface area contributed by atoms with Crippen molar-refractivity contribution in [2.24, 2.45) is 5.92 Å². The first-order valence-electron chi connectivity index (χ1n) is 8.32. The van der Waals surface area contributed by atoms with Gasteiger partial charge in [0.25, 0.3) is 5.91 Å². The van der Waals surface area contributed by atoms with Gasteiger partial charge in [0.15, 0.2) is 0 Å². The molecule has 0 spiro atoms. The fourth-order valence-corrected chi connectivity index (χ4v) is 2.85. The molecule has 3 rings (SSSR count). The van der Waals surface area contributed by atoms with Crippen LogP contribution in [0.1, 0.15) is 30.1 Å². The molecule has 1 aliphatic heterocycles. The van der Waals surface area contributed by atoms with Crippen LogP contribution in [0.25, 0.3) is 0 Å². The van der Waals surface area contributed by atoms with Crippen LogP contribution in [0.15, 0.2) is 42.6 Å². The van der Waals surface area contributed by atoms with Crippen molar-refractivity contribution in [2.75, 3.05) is 30.4 Å². The second kappa shape index (κ2) is 7.34. The van der Waals surface area contributed by atoms with Crippen LogP contribution in [0.4, 0.5) is 11.5 Å². The zero-order valence-electron chi connectivity index (χ0n) is 14.2. The van der Waals surface area contributed by atoms with E-state index in [1.165, 1.54) is 12.8 Å². The van der Waals surface area contributed by atoms with Gasteiger partial charge in [-0.2, -0.15) is 0 Å². The van der Waals surface area contributed by atoms with E-state index in [0.29, 0.717) is 5.56 Å². The molecule has 0 saturated carbocycles. The minimum absolute atomic E-state index is 0.130. The minimum atomic E-state index is -0.130. The molecule has 2 aromatic rings. The summed E-state index contributed by atoms with van der Waals surface area (Å²) in [6.07, 6.45) is 4.05. The molecule has 2 heterocycles. The van der Waals surface area contributed by atoms with Gasteiger partial charge in [-0.15, -0.1) is 0 Å². The smallest absolute Gasteiger partial charge is 0.255 e. The average molecular weight is 325 g/mol. The maximum atomic E-state index is 12.5. The molecule has 5 heteroatoms. The Morgan fingerprint density at radius 1 is 1.21 bits per heavy atom. The lowest BCUT2D eigenvalue weighted by Gasteiger charge is -2.31. The molecule has 126 valence electrons. The Morgan fingerprint density at radius 3 is 2.58 bits per heavy atom. The zero-order chi connectivity index (χ0) is 16.9. The van der Waals surface area contributed by atoms with Crippen molar-refractivity contribution in [1.29, 1.82) is 0 Å². The summed E-state index contributed by atoms with van der Waals surface area (Å²) < 4.78 is 5.12. The van der Waals surface area contributed by atoms with Gasteiger partial charge in [0, 0.05) is 30.5 Å². The number of amides is 1. The lowest BCUT2D eigenvalue weighted by atomic mass is 9.99. The quantitative estimate of drug-likeness (QED) is 0.933. The third kappa shape index (κ3) is 3.85. The molecular formula is C19H23N3O2. The molecule has 1 N–H and O–H groups in total. The van der Waals surface area contributed by atoms with Crippen LogP contribution in [0.3, 0.4) is 0 Å². The summed E-state index contributed by atoms with van der Waals surface area (Å²) in [5, 5.41) is 2.91. The van der Waals surface area contributed by atoms with Gasteiger partial charge < -0.3 is 15.0 Å². The average Bonchev–Trinajstić information content (AvgIpc) is 2.63. The van der Waals surface area contributed by atoms with E-state index in [1.807, 2.05) is 30.3 Å². The third-order valence-corrected chi connectivity index (χ3v) is 4.46. The summed E-state index contributed by atoms with van der Waals surface area (Å²) in [6.45, 7) is 4.28. The Morgan fingerprint density at radius 2 is 1.92 bits per heavy atom. The highest BCUT2D eigenvalue weighted by molar-refractivity contribution is 6.04. The Balaban J connectivity index is 1.69. The summed E-state index contributed by atoms with van der Waals surface area (Å²) in [5.41, 5.74) is 1.36. The number of ether oxygens (including phenoxy) is 1. The Bertz CT molecular complexity index is 692. The normalized spacial score (nSPS) is 15.2. The summed E-state index contributed by atoms with van der Waals surface area (Å²) in [7, 11) is 1.62. The number of benzene rings is 1. The number of rotatable bonds is 4. The Kier molecular flexibility index (Phi) is 4.99. The van der Waals surface area contributed by atoms with Crippen molar-refractivity contribution in [1.82, 2.24) is 4.98 Å². The maximum Gasteiger partial charge on any atom is 0.255 e. The number of piperidine rings is 1. The first kappa shape index (κ1) is 16.3. The standard InChI is InChI=1S/C19H23N3O2/c1-14-8-11-22(12-9-14)18-13-15(7-10-20-18)19(23)21-16-3-5-17(24-2)6-4-16/h3-7,10,13-14H,8-9,11-12H2,1-2H3,(H,21,23). The molecule has 1 fully saturated rings. The Labute approximate surface area is 142 Å². The third-order valence-electron chi connectivity index (χ3n) is 4.46. The number of carbonyl (C=O) groups excluding carboxylic acids is 1.